The van der Waals surface area contributed by atoms with Gasteiger partial charge in [0.2, 0.25) is 0 Å². The Balaban J connectivity index is 1.88. The Kier molecular flexibility index (Phi) is 7.54. The highest BCUT2D eigenvalue weighted by molar-refractivity contribution is 5.99. The number of hydrogen-bond acceptors (Lipinski definition) is 3. The Morgan fingerprint density at radius 2 is 1.82 bits per heavy atom. The summed E-state index contributed by atoms with van der Waals surface area (Å²) in [6.07, 6.45) is -2.81. The van der Waals surface area contributed by atoms with Crippen molar-refractivity contribution >= 4 is 22.8 Å². The molecular weight excluding hydrogens is 449 g/mol. The largest absolute Gasteiger partial charge is 0.496 e. The van der Waals surface area contributed by atoms with Gasteiger partial charge >= 0.3 is 12.1 Å². The van der Waals surface area contributed by atoms with Crippen LogP contribution < -0.4 is 10.1 Å². The number of carboxylic acids is 1. The first kappa shape index (κ1) is 25.1. The molecule has 6 nitrogen and oxygen atoms in total. The van der Waals surface area contributed by atoms with Gasteiger partial charge in [0.15, 0.2) is 0 Å². The van der Waals surface area contributed by atoms with Crippen molar-refractivity contribution in [2.45, 2.75) is 39.4 Å². The Morgan fingerprint density at radius 3 is 2.44 bits per heavy atom. The highest BCUT2D eigenvalue weighted by Gasteiger charge is 2.30. The van der Waals surface area contributed by atoms with E-state index in [1.165, 1.54) is 26.2 Å². The molecule has 2 aromatic carbocycles. The second kappa shape index (κ2) is 10.2. The lowest BCUT2D eigenvalue weighted by Gasteiger charge is -2.15. The van der Waals surface area contributed by atoms with Crippen molar-refractivity contribution in [3.63, 3.8) is 0 Å². The number of hydrogen-bond donors (Lipinski definition) is 2. The molecule has 0 fully saturated rings. The van der Waals surface area contributed by atoms with Crippen LogP contribution in [0, 0.1) is 5.92 Å². The number of methoxy groups -OCH3 is 1. The molecular formula is C25H27F3N2O4. The summed E-state index contributed by atoms with van der Waals surface area (Å²) >= 11 is 0. The summed E-state index contributed by atoms with van der Waals surface area (Å²) in [5.41, 5.74) is 3.10. The molecule has 34 heavy (non-hydrogen) atoms. The van der Waals surface area contributed by atoms with E-state index in [-0.39, 0.29) is 12.1 Å². The summed E-state index contributed by atoms with van der Waals surface area (Å²) in [5, 5.41) is 12.7. The highest BCUT2D eigenvalue weighted by Crippen LogP contribution is 2.29. The fraction of sp³-hybridized carbons (Fsp3) is 0.360. The van der Waals surface area contributed by atoms with Crippen molar-refractivity contribution in [2.75, 3.05) is 13.7 Å². The van der Waals surface area contributed by atoms with Crippen LogP contribution in [0.4, 0.5) is 13.2 Å². The number of carbonyl (C=O) groups is 2. The van der Waals surface area contributed by atoms with Gasteiger partial charge in [0.1, 0.15) is 5.75 Å². The lowest BCUT2D eigenvalue weighted by Crippen LogP contribution is -2.30. The first-order valence-corrected chi connectivity index (χ1v) is 10.9. The minimum absolute atomic E-state index is 0.0770. The van der Waals surface area contributed by atoms with Gasteiger partial charge in [0.25, 0.3) is 5.91 Å². The quantitative estimate of drug-likeness (QED) is 0.441. The molecule has 1 unspecified atom stereocenters. The maximum atomic E-state index is 12.6. The number of alkyl halides is 3. The van der Waals surface area contributed by atoms with E-state index in [2.05, 4.69) is 5.32 Å². The summed E-state index contributed by atoms with van der Waals surface area (Å²) in [4.78, 5) is 23.9. The molecule has 3 aromatic rings. The predicted molar refractivity (Wildman–Crippen MR) is 123 cm³/mol. The normalized spacial score (nSPS) is 12.5. The number of benzene rings is 2. The number of carbonyl (C=O) groups excluding carboxylic acids is 1. The SMILES string of the molecule is CCn1cc(Cc2ccc(C(=O)O)cc2OC)c2cc(C(=O)NCC(C)CC(F)(F)F)ccc21. The van der Waals surface area contributed by atoms with Crippen molar-refractivity contribution < 1.29 is 32.6 Å². The predicted octanol–water partition coefficient (Wildman–Crippen LogP) is 5.28. The fourth-order valence-electron chi connectivity index (χ4n) is 3.98. The van der Waals surface area contributed by atoms with Gasteiger partial charge in [0.05, 0.1) is 12.7 Å². The molecule has 182 valence electrons. The summed E-state index contributed by atoms with van der Waals surface area (Å²) < 4.78 is 45.1. The molecule has 0 radical (unpaired) electrons. The molecule has 0 spiro atoms. The average Bonchev–Trinajstić information content (AvgIpc) is 3.13. The topological polar surface area (TPSA) is 80.6 Å². The van der Waals surface area contributed by atoms with Gasteiger partial charge in [-0.3, -0.25) is 4.79 Å². The number of aromatic carboxylic acids is 1. The molecule has 2 N–H and O–H groups in total. The van der Waals surface area contributed by atoms with Gasteiger partial charge in [-0.2, -0.15) is 13.2 Å². The molecule has 0 aliphatic heterocycles. The molecule has 1 amide bonds. The Labute approximate surface area is 195 Å². The van der Waals surface area contributed by atoms with Crippen LogP contribution in [0.1, 0.15) is 52.1 Å². The van der Waals surface area contributed by atoms with Crippen LogP contribution in [0.2, 0.25) is 0 Å². The van der Waals surface area contributed by atoms with Gasteiger partial charge in [-0.15, -0.1) is 0 Å². The van der Waals surface area contributed by atoms with Crippen molar-refractivity contribution in [2.24, 2.45) is 5.92 Å². The summed E-state index contributed by atoms with van der Waals surface area (Å²) in [5.74, 6) is -1.77. The van der Waals surface area contributed by atoms with Crippen molar-refractivity contribution in [3.05, 3.63) is 64.8 Å². The van der Waals surface area contributed by atoms with E-state index in [1.807, 2.05) is 23.8 Å². The lowest BCUT2D eigenvalue weighted by atomic mass is 10.0. The van der Waals surface area contributed by atoms with Gasteiger partial charge < -0.3 is 19.7 Å². The monoisotopic (exact) mass is 476 g/mol. The molecule has 3 rings (SSSR count). The third kappa shape index (κ3) is 5.89. The molecule has 1 aromatic heterocycles. The third-order valence-corrected chi connectivity index (χ3v) is 5.67. The van der Waals surface area contributed by atoms with Crippen molar-refractivity contribution in [1.29, 1.82) is 0 Å². The average molecular weight is 476 g/mol. The van der Waals surface area contributed by atoms with E-state index >= 15 is 0 Å². The van der Waals surface area contributed by atoms with Crippen LogP contribution in [0.5, 0.6) is 5.75 Å². The molecule has 9 heteroatoms. The number of fused-ring (bicyclic) bond motifs is 1. The van der Waals surface area contributed by atoms with Crippen molar-refractivity contribution in [1.82, 2.24) is 9.88 Å². The molecule has 0 aliphatic rings. The van der Waals surface area contributed by atoms with E-state index in [1.54, 1.807) is 18.2 Å². The molecule has 0 bridgehead atoms. The van der Waals surface area contributed by atoms with Gasteiger partial charge in [-0.05, 0) is 54.3 Å². The smallest absolute Gasteiger partial charge is 0.389 e. The lowest BCUT2D eigenvalue weighted by molar-refractivity contribution is -0.142. The zero-order valence-electron chi connectivity index (χ0n) is 19.2. The minimum Gasteiger partial charge on any atom is -0.496 e. The number of rotatable bonds is 9. The van der Waals surface area contributed by atoms with Crippen LogP contribution in [-0.2, 0) is 13.0 Å². The number of nitrogens with zero attached hydrogens (tertiary/aromatic N) is 1. The molecule has 1 heterocycles. The molecule has 0 saturated heterocycles. The Bertz CT molecular complexity index is 1200. The number of nitrogens with one attached hydrogen (secondary N) is 1. The number of amides is 1. The Hall–Kier alpha value is -3.49. The van der Waals surface area contributed by atoms with Crippen LogP contribution >= 0.6 is 0 Å². The first-order valence-electron chi connectivity index (χ1n) is 10.9. The Morgan fingerprint density at radius 1 is 1.12 bits per heavy atom. The fourth-order valence-corrected chi connectivity index (χ4v) is 3.98. The number of aryl methyl sites for hydroxylation is 1. The van der Waals surface area contributed by atoms with E-state index < -0.39 is 30.4 Å². The summed E-state index contributed by atoms with van der Waals surface area (Å²) in [6.45, 7) is 4.06. The number of halogens is 3. The maximum Gasteiger partial charge on any atom is 0.389 e. The van der Waals surface area contributed by atoms with Crippen molar-refractivity contribution in [3.8, 4) is 5.75 Å². The zero-order chi connectivity index (χ0) is 25.0. The second-order valence-corrected chi connectivity index (χ2v) is 8.32. The maximum absolute atomic E-state index is 12.6. The standard InChI is InChI=1S/C25H27F3N2O4/c1-4-30-14-19(9-16-5-6-18(24(32)33)11-22(16)34-3)20-10-17(7-8-21(20)30)23(31)29-13-15(2)12-25(26,27)28/h5-8,10-11,14-15H,4,9,12-13H2,1-3H3,(H,29,31)(H,32,33). The van der Waals surface area contributed by atoms with Crippen LogP contribution in [0.3, 0.4) is 0 Å². The van der Waals surface area contributed by atoms with Gasteiger partial charge in [-0.1, -0.05) is 13.0 Å². The van der Waals surface area contributed by atoms with E-state index in [9.17, 15) is 27.9 Å². The molecule has 0 saturated carbocycles. The minimum atomic E-state index is -4.27. The van der Waals surface area contributed by atoms with E-state index in [4.69, 9.17) is 4.74 Å². The van der Waals surface area contributed by atoms with Gasteiger partial charge in [-0.25, -0.2) is 4.79 Å². The number of ether oxygens (including phenoxy) is 1. The van der Waals surface area contributed by atoms with Gasteiger partial charge in [0, 0.05) is 48.6 Å². The van der Waals surface area contributed by atoms with Crippen LogP contribution in [-0.4, -0.2) is 41.4 Å². The summed E-state index contributed by atoms with van der Waals surface area (Å²) in [6, 6.07) is 9.90. The molecule has 1 atom stereocenters. The number of carboxylic acid groups (broad SMARTS) is 1. The second-order valence-electron chi connectivity index (χ2n) is 8.32. The zero-order valence-corrected chi connectivity index (χ0v) is 19.2. The van der Waals surface area contributed by atoms with E-state index in [0.717, 1.165) is 22.0 Å². The molecule has 0 aliphatic carbocycles. The van der Waals surface area contributed by atoms with Crippen LogP contribution in [0.25, 0.3) is 10.9 Å². The first-order chi connectivity index (χ1) is 16.0. The van der Waals surface area contributed by atoms with Crippen LogP contribution in [0.15, 0.2) is 42.6 Å². The third-order valence-electron chi connectivity index (χ3n) is 5.67. The highest BCUT2D eigenvalue weighted by atomic mass is 19.4. The number of aromatic nitrogens is 1. The summed E-state index contributed by atoms with van der Waals surface area (Å²) in [7, 11) is 1.47. The van der Waals surface area contributed by atoms with E-state index in [0.29, 0.717) is 24.3 Å².